The Morgan fingerprint density at radius 1 is 1.05 bits per heavy atom. The van der Waals surface area contributed by atoms with Gasteiger partial charge in [0.05, 0.1) is 0 Å². The number of thioether (sulfide) groups is 1. The third-order valence-electron chi connectivity index (χ3n) is 3.21. The fraction of sp³-hybridized carbons (Fsp3) is 0.250. The molecular formula is C16H19NOS. The minimum atomic E-state index is -0.978. The van der Waals surface area contributed by atoms with Crippen LogP contribution in [0, 0.1) is 6.92 Å². The van der Waals surface area contributed by atoms with Gasteiger partial charge in [-0.1, -0.05) is 48.5 Å². The molecule has 0 fully saturated rings. The fourth-order valence-corrected chi connectivity index (χ4v) is 3.07. The number of rotatable bonds is 5. The molecule has 0 aliphatic heterocycles. The van der Waals surface area contributed by atoms with E-state index in [2.05, 4.69) is 19.1 Å². The molecule has 0 spiro atoms. The topological polar surface area (TPSA) is 46.2 Å². The van der Waals surface area contributed by atoms with Crippen molar-refractivity contribution in [2.75, 3.05) is 12.3 Å². The maximum absolute atomic E-state index is 10.7. The van der Waals surface area contributed by atoms with Crippen molar-refractivity contribution in [3.05, 3.63) is 65.7 Å². The SMILES string of the molecule is Cc1ccccc1SCC(O)(CN)c1ccccc1. The normalized spacial score (nSPS) is 14.1. The van der Waals surface area contributed by atoms with Crippen molar-refractivity contribution in [2.45, 2.75) is 17.4 Å². The molecule has 0 heterocycles. The number of benzene rings is 2. The molecule has 3 heteroatoms. The molecule has 1 unspecified atom stereocenters. The molecule has 1 atom stereocenters. The van der Waals surface area contributed by atoms with Gasteiger partial charge in [0.15, 0.2) is 0 Å². The lowest BCUT2D eigenvalue weighted by molar-refractivity contribution is 0.0721. The van der Waals surface area contributed by atoms with E-state index >= 15 is 0 Å². The highest BCUT2D eigenvalue weighted by Crippen LogP contribution is 2.30. The molecule has 19 heavy (non-hydrogen) atoms. The highest BCUT2D eigenvalue weighted by atomic mass is 32.2. The van der Waals surface area contributed by atoms with Crippen LogP contribution in [0.5, 0.6) is 0 Å². The van der Waals surface area contributed by atoms with Gasteiger partial charge in [0.25, 0.3) is 0 Å². The van der Waals surface area contributed by atoms with Crippen molar-refractivity contribution in [1.29, 1.82) is 0 Å². The quantitative estimate of drug-likeness (QED) is 0.823. The van der Waals surface area contributed by atoms with Crippen LogP contribution in [0.25, 0.3) is 0 Å². The lowest BCUT2D eigenvalue weighted by Gasteiger charge is -2.27. The first-order valence-corrected chi connectivity index (χ1v) is 7.31. The maximum Gasteiger partial charge on any atom is 0.111 e. The van der Waals surface area contributed by atoms with Crippen LogP contribution in [0.4, 0.5) is 0 Å². The van der Waals surface area contributed by atoms with Gasteiger partial charge in [-0.25, -0.2) is 0 Å². The second-order valence-corrected chi connectivity index (χ2v) is 5.67. The second kappa shape index (κ2) is 6.24. The van der Waals surface area contributed by atoms with Crippen LogP contribution >= 0.6 is 11.8 Å². The summed E-state index contributed by atoms with van der Waals surface area (Å²) in [4.78, 5) is 1.19. The van der Waals surface area contributed by atoms with Crippen molar-refractivity contribution in [2.24, 2.45) is 5.73 Å². The lowest BCUT2D eigenvalue weighted by Crippen LogP contribution is -2.37. The summed E-state index contributed by atoms with van der Waals surface area (Å²) < 4.78 is 0. The summed E-state index contributed by atoms with van der Waals surface area (Å²) in [5, 5.41) is 10.7. The van der Waals surface area contributed by atoms with E-state index in [9.17, 15) is 5.11 Å². The molecule has 0 aliphatic carbocycles. The first-order chi connectivity index (χ1) is 9.15. The van der Waals surface area contributed by atoms with E-state index in [4.69, 9.17) is 5.73 Å². The summed E-state index contributed by atoms with van der Waals surface area (Å²) >= 11 is 1.64. The molecule has 2 rings (SSSR count). The van der Waals surface area contributed by atoms with E-state index in [0.29, 0.717) is 5.75 Å². The average Bonchev–Trinajstić information content (AvgIpc) is 2.47. The van der Waals surface area contributed by atoms with E-state index < -0.39 is 5.60 Å². The zero-order valence-corrected chi connectivity index (χ0v) is 11.9. The van der Waals surface area contributed by atoms with Gasteiger partial charge in [-0.05, 0) is 24.1 Å². The van der Waals surface area contributed by atoms with Crippen molar-refractivity contribution in [1.82, 2.24) is 0 Å². The van der Waals surface area contributed by atoms with E-state index in [-0.39, 0.29) is 6.54 Å². The molecule has 3 N–H and O–H groups in total. The fourth-order valence-electron chi connectivity index (χ4n) is 1.92. The minimum absolute atomic E-state index is 0.218. The van der Waals surface area contributed by atoms with Gasteiger partial charge in [0, 0.05) is 17.2 Å². The number of nitrogens with two attached hydrogens (primary N) is 1. The molecule has 0 saturated heterocycles. The van der Waals surface area contributed by atoms with Gasteiger partial charge in [-0.3, -0.25) is 0 Å². The first kappa shape index (κ1) is 14.1. The molecule has 2 aromatic carbocycles. The first-order valence-electron chi connectivity index (χ1n) is 6.32. The van der Waals surface area contributed by atoms with E-state index in [1.165, 1.54) is 10.5 Å². The Morgan fingerprint density at radius 2 is 1.68 bits per heavy atom. The minimum Gasteiger partial charge on any atom is -0.383 e. The third kappa shape index (κ3) is 3.38. The number of aryl methyl sites for hydroxylation is 1. The summed E-state index contributed by atoms with van der Waals surface area (Å²) in [5.74, 6) is 0.554. The largest absolute Gasteiger partial charge is 0.383 e. The van der Waals surface area contributed by atoms with Crippen LogP contribution < -0.4 is 5.73 Å². The van der Waals surface area contributed by atoms with Gasteiger partial charge in [-0.15, -0.1) is 11.8 Å². The highest BCUT2D eigenvalue weighted by molar-refractivity contribution is 7.99. The van der Waals surface area contributed by atoms with Crippen LogP contribution in [-0.2, 0) is 5.60 Å². The molecule has 0 aromatic heterocycles. The van der Waals surface area contributed by atoms with Crippen molar-refractivity contribution >= 4 is 11.8 Å². The van der Waals surface area contributed by atoms with Crippen LogP contribution in [-0.4, -0.2) is 17.4 Å². The molecule has 0 amide bonds. The Bertz CT molecular complexity index is 529. The Kier molecular flexibility index (Phi) is 4.64. The van der Waals surface area contributed by atoms with Gasteiger partial charge < -0.3 is 10.8 Å². The molecular weight excluding hydrogens is 254 g/mol. The molecule has 2 aromatic rings. The van der Waals surface area contributed by atoms with Crippen molar-refractivity contribution < 1.29 is 5.11 Å². The summed E-state index contributed by atoms with van der Waals surface area (Å²) in [5.41, 5.74) is 6.90. The highest BCUT2D eigenvalue weighted by Gasteiger charge is 2.27. The van der Waals surface area contributed by atoms with Crippen LogP contribution in [0.15, 0.2) is 59.5 Å². The average molecular weight is 273 g/mol. The Balaban J connectivity index is 2.14. The number of hydrogen-bond donors (Lipinski definition) is 2. The molecule has 0 radical (unpaired) electrons. The lowest BCUT2D eigenvalue weighted by atomic mass is 9.96. The van der Waals surface area contributed by atoms with Crippen LogP contribution in [0.3, 0.4) is 0 Å². The summed E-state index contributed by atoms with van der Waals surface area (Å²) in [7, 11) is 0. The van der Waals surface area contributed by atoms with Crippen LogP contribution in [0.1, 0.15) is 11.1 Å². The van der Waals surface area contributed by atoms with Crippen molar-refractivity contribution in [3.63, 3.8) is 0 Å². The second-order valence-electron chi connectivity index (χ2n) is 4.66. The van der Waals surface area contributed by atoms with Crippen molar-refractivity contribution in [3.8, 4) is 0 Å². The molecule has 0 aliphatic rings. The predicted molar refractivity (Wildman–Crippen MR) is 81.3 cm³/mol. The number of hydrogen-bond acceptors (Lipinski definition) is 3. The zero-order valence-electron chi connectivity index (χ0n) is 11.0. The Morgan fingerprint density at radius 3 is 2.32 bits per heavy atom. The van der Waals surface area contributed by atoms with Gasteiger partial charge in [-0.2, -0.15) is 0 Å². The maximum atomic E-state index is 10.7. The zero-order chi connectivity index (χ0) is 13.7. The Hall–Kier alpha value is -1.29. The smallest absolute Gasteiger partial charge is 0.111 e. The molecule has 2 nitrogen and oxygen atoms in total. The van der Waals surface area contributed by atoms with E-state index in [0.717, 1.165) is 5.56 Å². The summed E-state index contributed by atoms with van der Waals surface area (Å²) in [6, 6.07) is 17.8. The third-order valence-corrected chi connectivity index (χ3v) is 4.60. The van der Waals surface area contributed by atoms with E-state index in [1.807, 2.05) is 42.5 Å². The van der Waals surface area contributed by atoms with Gasteiger partial charge in [0.1, 0.15) is 5.60 Å². The van der Waals surface area contributed by atoms with E-state index in [1.54, 1.807) is 11.8 Å². The standard InChI is InChI=1S/C16H19NOS/c1-13-7-5-6-10-15(13)19-12-16(18,11-17)14-8-3-2-4-9-14/h2-10,18H,11-12,17H2,1H3. The summed E-state index contributed by atoms with van der Waals surface area (Å²) in [6.07, 6.45) is 0. The summed E-state index contributed by atoms with van der Waals surface area (Å²) in [6.45, 7) is 2.29. The molecule has 0 bridgehead atoms. The van der Waals surface area contributed by atoms with Gasteiger partial charge in [0.2, 0.25) is 0 Å². The van der Waals surface area contributed by atoms with Gasteiger partial charge >= 0.3 is 0 Å². The Labute approximate surface area is 118 Å². The monoisotopic (exact) mass is 273 g/mol. The van der Waals surface area contributed by atoms with Crippen LogP contribution in [0.2, 0.25) is 0 Å². The molecule has 100 valence electrons. The number of aliphatic hydroxyl groups is 1. The predicted octanol–water partition coefficient (Wildman–Crippen LogP) is 2.93. The molecule has 0 saturated carbocycles.